The molecule has 2 fully saturated rings. The highest BCUT2D eigenvalue weighted by molar-refractivity contribution is 7.90. The summed E-state index contributed by atoms with van der Waals surface area (Å²) in [6.45, 7) is 1.74. The summed E-state index contributed by atoms with van der Waals surface area (Å²) in [5, 5.41) is 5.74. The van der Waals surface area contributed by atoms with Crippen molar-refractivity contribution in [2.75, 3.05) is 10.0 Å². The van der Waals surface area contributed by atoms with Crippen molar-refractivity contribution in [3.8, 4) is 0 Å². The predicted octanol–water partition coefficient (Wildman–Crippen LogP) is 3.00. The lowest BCUT2D eigenvalue weighted by molar-refractivity contribution is 0.0951. The van der Waals surface area contributed by atoms with Crippen LogP contribution < -0.4 is 25.6 Å². The SMILES string of the molecule is Cc1ccc(Nc2c(C(=O)NC3CC3)cc(Cc3ccnc(NS(=O)(=O)NC4CC4)c3F)c(=O)n2C)c(F)c1. The number of benzene rings is 1. The average molecular weight is 559 g/mol. The molecule has 13 heteroatoms. The number of carbonyl (C=O) groups excluding carboxylic acids is 1. The Morgan fingerprint density at radius 1 is 1.08 bits per heavy atom. The van der Waals surface area contributed by atoms with E-state index in [1.807, 2.05) is 0 Å². The van der Waals surface area contributed by atoms with E-state index < -0.39 is 39.1 Å². The smallest absolute Gasteiger partial charge is 0.300 e. The highest BCUT2D eigenvalue weighted by Gasteiger charge is 2.29. The Labute approximate surface area is 224 Å². The highest BCUT2D eigenvalue weighted by atomic mass is 32.2. The van der Waals surface area contributed by atoms with E-state index in [2.05, 4.69) is 25.1 Å². The molecule has 1 amide bonds. The molecule has 2 aliphatic carbocycles. The maximum atomic E-state index is 15.3. The first-order valence-electron chi connectivity index (χ1n) is 12.5. The van der Waals surface area contributed by atoms with Gasteiger partial charge >= 0.3 is 10.2 Å². The van der Waals surface area contributed by atoms with Crippen molar-refractivity contribution in [2.45, 2.75) is 51.1 Å². The number of anilines is 3. The number of amides is 1. The van der Waals surface area contributed by atoms with Gasteiger partial charge in [0.05, 0.1) is 11.3 Å². The molecule has 0 radical (unpaired) electrons. The van der Waals surface area contributed by atoms with Crippen LogP contribution in [0, 0.1) is 18.6 Å². The zero-order valence-corrected chi connectivity index (χ0v) is 22.2. The minimum atomic E-state index is -4.02. The maximum Gasteiger partial charge on any atom is 0.300 e. The summed E-state index contributed by atoms with van der Waals surface area (Å²) in [7, 11) is -2.59. The van der Waals surface area contributed by atoms with E-state index in [1.54, 1.807) is 13.0 Å². The van der Waals surface area contributed by atoms with Crippen LogP contribution in [0.1, 0.15) is 52.7 Å². The second-order valence-corrected chi connectivity index (χ2v) is 11.4. The normalized spacial score (nSPS) is 15.2. The van der Waals surface area contributed by atoms with Crippen LogP contribution in [0.2, 0.25) is 0 Å². The molecule has 2 saturated carbocycles. The molecule has 4 N–H and O–H groups in total. The number of aromatic nitrogens is 2. The average Bonchev–Trinajstić information content (AvgIpc) is 3.80. The lowest BCUT2D eigenvalue weighted by atomic mass is 10.0. The number of halogens is 2. The van der Waals surface area contributed by atoms with E-state index in [9.17, 15) is 22.4 Å². The molecule has 3 aromatic rings. The van der Waals surface area contributed by atoms with Crippen molar-refractivity contribution in [3.63, 3.8) is 0 Å². The molecule has 2 aromatic heterocycles. The van der Waals surface area contributed by atoms with Crippen LogP contribution in [0.4, 0.5) is 26.1 Å². The minimum Gasteiger partial charge on any atom is -0.349 e. The van der Waals surface area contributed by atoms with E-state index in [1.165, 1.54) is 42.1 Å². The van der Waals surface area contributed by atoms with Crippen LogP contribution >= 0.6 is 0 Å². The third-order valence-corrected chi connectivity index (χ3v) is 7.61. The summed E-state index contributed by atoms with van der Waals surface area (Å²) in [5.74, 6) is -2.37. The van der Waals surface area contributed by atoms with Gasteiger partial charge in [-0.2, -0.15) is 13.1 Å². The van der Waals surface area contributed by atoms with E-state index in [4.69, 9.17) is 0 Å². The number of nitrogens with zero attached hydrogens (tertiary/aromatic N) is 2. The van der Waals surface area contributed by atoms with Gasteiger partial charge in [0.25, 0.3) is 11.5 Å². The van der Waals surface area contributed by atoms with Gasteiger partial charge in [0.15, 0.2) is 11.6 Å². The lowest BCUT2D eigenvalue weighted by Gasteiger charge is -2.18. The number of pyridine rings is 2. The van der Waals surface area contributed by atoms with Crippen LogP contribution in [0.15, 0.2) is 41.3 Å². The Morgan fingerprint density at radius 2 is 1.79 bits per heavy atom. The molecule has 10 nitrogen and oxygen atoms in total. The van der Waals surface area contributed by atoms with Crippen LogP contribution in [0.5, 0.6) is 0 Å². The predicted molar refractivity (Wildman–Crippen MR) is 142 cm³/mol. The number of carbonyl (C=O) groups is 1. The summed E-state index contributed by atoms with van der Waals surface area (Å²) in [6.07, 6.45) is 4.06. The molecule has 206 valence electrons. The number of rotatable bonds is 10. The van der Waals surface area contributed by atoms with E-state index in [0.29, 0.717) is 18.4 Å². The number of aryl methyl sites for hydroxylation is 1. The number of nitrogens with one attached hydrogen (secondary N) is 4. The van der Waals surface area contributed by atoms with Gasteiger partial charge in [-0.3, -0.25) is 18.9 Å². The molecule has 5 rings (SSSR count). The second kappa shape index (κ2) is 10.4. The largest absolute Gasteiger partial charge is 0.349 e. The van der Waals surface area contributed by atoms with Crippen molar-refractivity contribution in [2.24, 2.45) is 7.05 Å². The molecule has 2 heterocycles. The molecule has 0 spiro atoms. The van der Waals surface area contributed by atoms with Gasteiger partial charge in [-0.25, -0.2) is 13.8 Å². The molecule has 0 bridgehead atoms. The van der Waals surface area contributed by atoms with Crippen molar-refractivity contribution in [3.05, 3.63) is 80.8 Å². The summed E-state index contributed by atoms with van der Waals surface area (Å²) < 4.78 is 60.1. The van der Waals surface area contributed by atoms with E-state index >= 15 is 4.39 Å². The molecule has 0 atom stereocenters. The fourth-order valence-corrected chi connectivity index (χ4v) is 5.20. The molecule has 1 aromatic carbocycles. The Bertz CT molecular complexity index is 1620. The van der Waals surface area contributed by atoms with E-state index in [-0.39, 0.29) is 46.7 Å². The molecule has 0 unspecified atom stereocenters. The fraction of sp³-hybridized carbons (Fsp3) is 0.346. The molecular formula is C26H28F2N6O4S. The Balaban J connectivity index is 1.49. The topological polar surface area (TPSA) is 134 Å². The van der Waals surface area contributed by atoms with Gasteiger partial charge < -0.3 is 10.6 Å². The summed E-state index contributed by atoms with van der Waals surface area (Å²) in [4.78, 5) is 30.3. The molecule has 0 aliphatic heterocycles. The van der Waals surface area contributed by atoms with Crippen molar-refractivity contribution in [1.82, 2.24) is 19.6 Å². The third-order valence-electron chi connectivity index (χ3n) is 6.50. The monoisotopic (exact) mass is 558 g/mol. The molecular weight excluding hydrogens is 530 g/mol. The van der Waals surface area contributed by atoms with Crippen molar-refractivity contribution < 1.29 is 22.0 Å². The Hall–Kier alpha value is -3.84. The van der Waals surface area contributed by atoms with Gasteiger partial charge in [-0.1, -0.05) is 6.07 Å². The van der Waals surface area contributed by atoms with Gasteiger partial charge in [0.1, 0.15) is 11.6 Å². The Morgan fingerprint density at radius 3 is 2.46 bits per heavy atom. The molecule has 2 aliphatic rings. The molecule has 0 saturated heterocycles. The van der Waals surface area contributed by atoms with Crippen LogP contribution in [-0.4, -0.2) is 36.0 Å². The first kappa shape index (κ1) is 26.8. The number of hydrogen-bond donors (Lipinski definition) is 4. The fourth-order valence-electron chi connectivity index (χ4n) is 4.07. The lowest BCUT2D eigenvalue weighted by Crippen LogP contribution is -2.32. The second-order valence-electron chi connectivity index (χ2n) is 9.96. The third kappa shape index (κ3) is 6.25. The van der Waals surface area contributed by atoms with Gasteiger partial charge in [0, 0.05) is 37.3 Å². The molecule has 39 heavy (non-hydrogen) atoms. The maximum absolute atomic E-state index is 15.3. The summed E-state index contributed by atoms with van der Waals surface area (Å²) >= 11 is 0. The zero-order valence-electron chi connectivity index (χ0n) is 21.3. The van der Waals surface area contributed by atoms with Crippen molar-refractivity contribution >= 4 is 33.4 Å². The number of hydrogen-bond acceptors (Lipinski definition) is 6. The summed E-state index contributed by atoms with van der Waals surface area (Å²) in [5.41, 5.74) is 0.428. The van der Waals surface area contributed by atoms with Gasteiger partial charge in [0.2, 0.25) is 0 Å². The Kier molecular flexibility index (Phi) is 7.12. The van der Waals surface area contributed by atoms with Gasteiger partial charge in [-0.15, -0.1) is 0 Å². The van der Waals surface area contributed by atoms with E-state index in [0.717, 1.165) is 12.8 Å². The first-order chi connectivity index (χ1) is 18.5. The van der Waals surface area contributed by atoms with Gasteiger partial charge in [-0.05, 0) is 68.0 Å². The first-order valence-corrected chi connectivity index (χ1v) is 14.0. The highest BCUT2D eigenvalue weighted by Crippen LogP contribution is 2.27. The summed E-state index contributed by atoms with van der Waals surface area (Å²) in [6, 6.07) is 7.05. The van der Waals surface area contributed by atoms with Crippen molar-refractivity contribution in [1.29, 1.82) is 0 Å². The minimum absolute atomic E-state index is 0.00469. The van der Waals surface area contributed by atoms with Crippen LogP contribution in [0.3, 0.4) is 0 Å². The van der Waals surface area contributed by atoms with Crippen LogP contribution in [-0.2, 0) is 23.7 Å². The standard InChI is InChI=1S/C26H28F2N6O4S/c1-14-3-8-21(20(27)11-14)31-24-19(25(35)30-17-4-5-17)13-16(26(36)34(24)2)12-15-9-10-29-23(22(15)28)33-39(37,38)32-18-6-7-18/h3,8-11,13,17-18,31-32H,4-7,12H2,1-2H3,(H,29,33)(H,30,35). The van der Waals surface area contributed by atoms with Crippen LogP contribution in [0.25, 0.3) is 0 Å². The zero-order chi connectivity index (χ0) is 27.9. The quantitative estimate of drug-likeness (QED) is 0.302.